The fourth-order valence-electron chi connectivity index (χ4n) is 2.29. The molecule has 0 aliphatic heterocycles. The normalized spacial score (nSPS) is 10.7. The molecule has 1 aromatic heterocycles. The number of hydrogen-bond acceptors (Lipinski definition) is 4. The van der Waals surface area contributed by atoms with Crippen LogP contribution in [0.15, 0.2) is 6.07 Å². The molecule has 0 radical (unpaired) electrons. The second kappa shape index (κ2) is 10.4. The molecule has 0 saturated heterocycles. The maximum atomic E-state index is 4.79. The van der Waals surface area contributed by atoms with Crippen LogP contribution in [0.1, 0.15) is 65.6 Å². The van der Waals surface area contributed by atoms with Crippen molar-refractivity contribution < 1.29 is 0 Å². The topological polar surface area (TPSA) is 41.0 Å². The first-order chi connectivity index (χ1) is 10.2. The third-order valence-electron chi connectivity index (χ3n) is 3.48. The van der Waals surface area contributed by atoms with Crippen LogP contribution in [0.3, 0.4) is 0 Å². The van der Waals surface area contributed by atoms with Crippen molar-refractivity contribution in [3.05, 3.63) is 11.9 Å². The quantitative estimate of drug-likeness (QED) is 0.661. The van der Waals surface area contributed by atoms with Gasteiger partial charge in [0.25, 0.3) is 0 Å². The van der Waals surface area contributed by atoms with Gasteiger partial charge in [0.15, 0.2) is 0 Å². The van der Waals surface area contributed by atoms with Crippen molar-refractivity contribution in [2.75, 3.05) is 29.9 Å². The van der Waals surface area contributed by atoms with Gasteiger partial charge in [-0.3, -0.25) is 0 Å². The molecule has 0 aliphatic rings. The largest absolute Gasteiger partial charge is 0.370 e. The Hall–Kier alpha value is -1.32. The zero-order chi connectivity index (χ0) is 15.5. The summed E-state index contributed by atoms with van der Waals surface area (Å²) in [5, 5.41) is 3.34. The zero-order valence-electron chi connectivity index (χ0n) is 14.3. The van der Waals surface area contributed by atoms with Crippen LogP contribution in [0.25, 0.3) is 0 Å². The van der Waals surface area contributed by atoms with Crippen molar-refractivity contribution in [3.8, 4) is 0 Å². The minimum absolute atomic E-state index is 0.895. The number of anilines is 2. The summed E-state index contributed by atoms with van der Waals surface area (Å²) in [6, 6.07) is 2.11. The maximum absolute atomic E-state index is 4.79. The summed E-state index contributed by atoms with van der Waals surface area (Å²) in [4.78, 5) is 11.8. The molecule has 1 aromatic rings. The van der Waals surface area contributed by atoms with E-state index < -0.39 is 0 Å². The van der Waals surface area contributed by atoms with E-state index in [0.717, 1.165) is 49.9 Å². The highest BCUT2D eigenvalue weighted by molar-refractivity contribution is 5.49. The number of aromatic nitrogens is 2. The zero-order valence-corrected chi connectivity index (χ0v) is 14.3. The van der Waals surface area contributed by atoms with Crippen LogP contribution in [0.4, 0.5) is 11.6 Å². The van der Waals surface area contributed by atoms with Gasteiger partial charge in [0.2, 0.25) is 0 Å². The average Bonchev–Trinajstić information content (AvgIpc) is 2.48. The van der Waals surface area contributed by atoms with Gasteiger partial charge < -0.3 is 10.2 Å². The highest BCUT2D eigenvalue weighted by Crippen LogP contribution is 2.18. The highest BCUT2D eigenvalue weighted by atomic mass is 15.2. The van der Waals surface area contributed by atoms with Crippen LogP contribution >= 0.6 is 0 Å². The Balaban J connectivity index is 2.96. The summed E-state index contributed by atoms with van der Waals surface area (Å²) in [6.07, 6.45) is 6.90. The number of aryl methyl sites for hydroxylation is 1. The van der Waals surface area contributed by atoms with Gasteiger partial charge in [-0.25, -0.2) is 9.97 Å². The van der Waals surface area contributed by atoms with Crippen molar-refractivity contribution in [2.24, 2.45) is 0 Å². The molecule has 4 heteroatoms. The van der Waals surface area contributed by atoms with E-state index in [2.05, 4.69) is 49.0 Å². The SMILES string of the molecule is CCCCN(CCCC)c1cc(NCC)nc(CCC)n1. The molecule has 0 saturated carbocycles. The molecule has 0 unspecified atom stereocenters. The summed E-state index contributed by atoms with van der Waals surface area (Å²) in [7, 11) is 0. The van der Waals surface area contributed by atoms with Crippen molar-refractivity contribution in [3.63, 3.8) is 0 Å². The molecule has 120 valence electrons. The van der Waals surface area contributed by atoms with Gasteiger partial charge in [-0.1, -0.05) is 33.6 Å². The molecule has 0 aliphatic carbocycles. The van der Waals surface area contributed by atoms with Crippen molar-refractivity contribution in [1.82, 2.24) is 9.97 Å². The molecule has 0 atom stereocenters. The van der Waals surface area contributed by atoms with E-state index in [1.54, 1.807) is 0 Å². The lowest BCUT2D eigenvalue weighted by Crippen LogP contribution is -2.27. The standard InChI is InChI=1S/C17H32N4/c1-5-9-12-21(13-10-6-2)17-14-16(18-8-4)19-15(20-17)11-7-3/h14H,5-13H2,1-4H3,(H,18,19,20). The second-order valence-corrected chi connectivity index (χ2v) is 5.50. The van der Waals surface area contributed by atoms with Crippen LogP contribution in [0, 0.1) is 0 Å². The monoisotopic (exact) mass is 292 g/mol. The van der Waals surface area contributed by atoms with Gasteiger partial charge in [0, 0.05) is 32.1 Å². The van der Waals surface area contributed by atoms with E-state index in [-0.39, 0.29) is 0 Å². The van der Waals surface area contributed by atoms with Crippen LogP contribution in [0.5, 0.6) is 0 Å². The Morgan fingerprint density at radius 1 is 0.952 bits per heavy atom. The van der Waals surface area contributed by atoms with Crippen LogP contribution in [-0.2, 0) is 6.42 Å². The van der Waals surface area contributed by atoms with Crippen LogP contribution in [-0.4, -0.2) is 29.6 Å². The first-order valence-electron chi connectivity index (χ1n) is 8.61. The molecule has 0 aromatic carbocycles. The number of nitrogens with zero attached hydrogens (tertiary/aromatic N) is 3. The lowest BCUT2D eigenvalue weighted by molar-refractivity contribution is 0.667. The molecule has 21 heavy (non-hydrogen) atoms. The third-order valence-corrected chi connectivity index (χ3v) is 3.48. The summed E-state index contributed by atoms with van der Waals surface area (Å²) >= 11 is 0. The number of rotatable bonds is 11. The van der Waals surface area contributed by atoms with Crippen LogP contribution < -0.4 is 10.2 Å². The van der Waals surface area contributed by atoms with Crippen LogP contribution in [0.2, 0.25) is 0 Å². The lowest BCUT2D eigenvalue weighted by Gasteiger charge is -2.24. The summed E-state index contributed by atoms with van der Waals surface area (Å²) < 4.78 is 0. The second-order valence-electron chi connectivity index (χ2n) is 5.50. The van der Waals surface area contributed by atoms with E-state index in [9.17, 15) is 0 Å². The van der Waals surface area contributed by atoms with Crippen molar-refractivity contribution >= 4 is 11.6 Å². The minimum atomic E-state index is 0.895. The Bertz CT molecular complexity index is 360. The number of nitrogens with one attached hydrogen (secondary N) is 1. The summed E-state index contributed by atoms with van der Waals surface area (Å²) in [6.45, 7) is 11.8. The van der Waals surface area contributed by atoms with Gasteiger partial charge in [-0.05, 0) is 26.2 Å². The fraction of sp³-hybridized carbons (Fsp3) is 0.765. The molecule has 0 bridgehead atoms. The predicted molar refractivity (Wildman–Crippen MR) is 92.2 cm³/mol. The average molecular weight is 292 g/mol. The van der Waals surface area contributed by atoms with Gasteiger partial charge in [0.05, 0.1) is 0 Å². The molecule has 0 fully saturated rings. The molecular formula is C17H32N4. The maximum Gasteiger partial charge on any atom is 0.134 e. The van der Waals surface area contributed by atoms with E-state index in [4.69, 9.17) is 4.98 Å². The Labute approximate surface area is 130 Å². The summed E-state index contributed by atoms with van der Waals surface area (Å²) in [5.41, 5.74) is 0. The molecule has 4 nitrogen and oxygen atoms in total. The van der Waals surface area contributed by atoms with Crippen molar-refractivity contribution in [1.29, 1.82) is 0 Å². The molecule has 1 heterocycles. The van der Waals surface area contributed by atoms with E-state index in [0.29, 0.717) is 0 Å². The molecular weight excluding hydrogens is 260 g/mol. The Morgan fingerprint density at radius 2 is 1.62 bits per heavy atom. The Kier molecular flexibility index (Phi) is 8.79. The van der Waals surface area contributed by atoms with Gasteiger partial charge >= 0.3 is 0 Å². The van der Waals surface area contributed by atoms with Gasteiger partial charge in [0.1, 0.15) is 17.5 Å². The third kappa shape index (κ3) is 6.32. The first-order valence-corrected chi connectivity index (χ1v) is 8.61. The minimum Gasteiger partial charge on any atom is -0.370 e. The number of unbranched alkanes of at least 4 members (excludes halogenated alkanes) is 2. The van der Waals surface area contributed by atoms with Gasteiger partial charge in [-0.2, -0.15) is 0 Å². The smallest absolute Gasteiger partial charge is 0.134 e. The van der Waals surface area contributed by atoms with E-state index in [1.807, 2.05) is 0 Å². The fourth-order valence-corrected chi connectivity index (χ4v) is 2.29. The predicted octanol–water partition coefficient (Wildman–Crippen LogP) is 4.27. The van der Waals surface area contributed by atoms with E-state index >= 15 is 0 Å². The molecule has 1 N–H and O–H groups in total. The number of hydrogen-bond donors (Lipinski definition) is 1. The molecule has 1 rings (SSSR count). The summed E-state index contributed by atoms with van der Waals surface area (Å²) in [5.74, 6) is 3.01. The highest BCUT2D eigenvalue weighted by Gasteiger charge is 2.11. The van der Waals surface area contributed by atoms with Gasteiger partial charge in [-0.15, -0.1) is 0 Å². The van der Waals surface area contributed by atoms with E-state index in [1.165, 1.54) is 25.7 Å². The first kappa shape index (κ1) is 17.7. The lowest BCUT2D eigenvalue weighted by atomic mass is 10.2. The Morgan fingerprint density at radius 3 is 2.14 bits per heavy atom. The van der Waals surface area contributed by atoms with Crippen molar-refractivity contribution in [2.45, 2.75) is 66.2 Å². The molecule has 0 amide bonds. The molecule has 0 spiro atoms.